The van der Waals surface area contributed by atoms with Crippen LogP contribution in [0.5, 0.6) is 0 Å². The Bertz CT molecular complexity index is 786. The highest BCUT2D eigenvalue weighted by molar-refractivity contribution is 5.96. The number of anilines is 1. The maximum atomic E-state index is 14.5. The number of halogens is 1. The zero-order chi connectivity index (χ0) is 19.4. The first-order valence-corrected chi connectivity index (χ1v) is 9.50. The lowest BCUT2D eigenvalue weighted by atomic mass is 9.99. The summed E-state index contributed by atoms with van der Waals surface area (Å²) in [7, 11) is 2.10. The second kappa shape index (κ2) is 8.63. The lowest BCUT2D eigenvalue weighted by Crippen LogP contribution is -2.44. The van der Waals surface area contributed by atoms with Crippen LogP contribution in [0.25, 0.3) is 0 Å². The van der Waals surface area contributed by atoms with Gasteiger partial charge in [-0.3, -0.25) is 9.69 Å². The number of hydrogen-bond acceptors (Lipinski definition) is 3. The second-order valence-corrected chi connectivity index (χ2v) is 7.40. The monoisotopic (exact) mass is 369 g/mol. The normalized spacial score (nSPS) is 16.9. The van der Waals surface area contributed by atoms with Crippen molar-refractivity contribution < 1.29 is 9.18 Å². The first-order valence-electron chi connectivity index (χ1n) is 9.50. The Morgan fingerprint density at radius 3 is 2.44 bits per heavy atom. The molecule has 4 nitrogen and oxygen atoms in total. The number of piperazine rings is 1. The summed E-state index contributed by atoms with van der Waals surface area (Å²) in [6.07, 6.45) is 0. The van der Waals surface area contributed by atoms with Gasteiger partial charge in [0.1, 0.15) is 5.82 Å². The molecule has 0 saturated carbocycles. The first-order chi connectivity index (χ1) is 13.0. The fraction of sp³-hybridized carbons (Fsp3) is 0.409. The molecular formula is C22H28FN3O. The molecule has 1 saturated heterocycles. The molecule has 0 aromatic heterocycles. The van der Waals surface area contributed by atoms with Crippen LogP contribution in [0.4, 0.5) is 10.1 Å². The van der Waals surface area contributed by atoms with Gasteiger partial charge >= 0.3 is 0 Å². The molecule has 1 unspecified atom stereocenters. The fourth-order valence-corrected chi connectivity index (χ4v) is 3.42. The highest BCUT2D eigenvalue weighted by Gasteiger charge is 2.20. The van der Waals surface area contributed by atoms with E-state index in [1.807, 2.05) is 44.2 Å². The van der Waals surface area contributed by atoms with E-state index >= 15 is 0 Å². The molecule has 3 rings (SSSR count). The Kier molecular flexibility index (Phi) is 6.24. The molecule has 5 heteroatoms. The number of carbonyl (C=O) groups is 1. The molecule has 2 aromatic carbocycles. The summed E-state index contributed by atoms with van der Waals surface area (Å²) >= 11 is 0. The Morgan fingerprint density at radius 2 is 1.78 bits per heavy atom. The van der Waals surface area contributed by atoms with Crippen LogP contribution in [0.1, 0.15) is 29.5 Å². The van der Waals surface area contributed by atoms with Crippen molar-refractivity contribution in [2.45, 2.75) is 26.3 Å². The van der Waals surface area contributed by atoms with Gasteiger partial charge in [0.05, 0.1) is 5.92 Å². The highest BCUT2D eigenvalue weighted by Crippen LogP contribution is 2.25. The van der Waals surface area contributed by atoms with E-state index in [0.29, 0.717) is 17.8 Å². The van der Waals surface area contributed by atoms with Gasteiger partial charge in [-0.1, -0.05) is 30.3 Å². The summed E-state index contributed by atoms with van der Waals surface area (Å²) < 4.78 is 14.5. The quantitative estimate of drug-likeness (QED) is 0.874. The maximum Gasteiger partial charge on any atom is 0.231 e. The molecule has 1 amide bonds. The molecule has 0 spiro atoms. The zero-order valence-corrected chi connectivity index (χ0v) is 16.3. The van der Waals surface area contributed by atoms with E-state index < -0.39 is 0 Å². The Hall–Kier alpha value is -2.24. The van der Waals surface area contributed by atoms with E-state index in [2.05, 4.69) is 22.2 Å². The van der Waals surface area contributed by atoms with Gasteiger partial charge in [-0.25, -0.2) is 4.39 Å². The predicted molar refractivity (Wildman–Crippen MR) is 107 cm³/mol. The Morgan fingerprint density at radius 1 is 1.11 bits per heavy atom. The molecule has 1 fully saturated rings. The third-order valence-electron chi connectivity index (χ3n) is 5.47. The summed E-state index contributed by atoms with van der Waals surface area (Å²) in [5.74, 6) is -0.557. The highest BCUT2D eigenvalue weighted by atomic mass is 19.1. The van der Waals surface area contributed by atoms with Crippen molar-refractivity contribution in [2.24, 2.45) is 0 Å². The standard InChI is InChI=1S/C22H28FN3O/c1-16(18-7-5-4-6-8-18)22(27)24-21-10-9-20(23)19(17(21)2)15-26-13-11-25(3)12-14-26/h4-10,16H,11-15H2,1-3H3,(H,24,27). The zero-order valence-electron chi connectivity index (χ0n) is 16.3. The first kappa shape index (κ1) is 19.5. The van der Waals surface area contributed by atoms with Crippen LogP contribution >= 0.6 is 0 Å². The molecule has 1 N–H and O–H groups in total. The average molecular weight is 369 g/mol. The molecule has 2 aromatic rings. The summed E-state index contributed by atoms with van der Waals surface area (Å²) in [5, 5.41) is 2.99. The van der Waals surface area contributed by atoms with Gasteiger partial charge in [0.2, 0.25) is 5.91 Å². The number of rotatable bonds is 5. The Balaban J connectivity index is 1.73. The lowest BCUT2D eigenvalue weighted by Gasteiger charge is -2.33. The van der Waals surface area contributed by atoms with Crippen molar-refractivity contribution in [3.8, 4) is 0 Å². The van der Waals surface area contributed by atoms with E-state index in [9.17, 15) is 9.18 Å². The number of nitrogens with zero attached hydrogens (tertiary/aromatic N) is 2. The lowest BCUT2D eigenvalue weighted by molar-refractivity contribution is -0.117. The largest absolute Gasteiger partial charge is 0.325 e. The minimum absolute atomic E-state index is 0.0820. The number of amides is 1. The summed E-state index contributed by atoms with van der Waals surface area (Å²) in [6.45, 7) is 8.18. The molecule has 0 radical (unpaired) electrons. The molecule has 1 atom stereocenters. The van der Waals surface area contributed by atoms with E-state index in [0.717, 1.165) is 37.3 Å². The van der Waals surface area contributed by atoms with Crippen molar-refractivity contribution in [3.63, 3.8) is 0 Å². The molecule has 0 bridgehead atoms. The average Bonchev–Trinajstić information content (AvgIpc) is 2.69. The maximum absolute atomic E-state index is 14.5. The minimum atomic E-state index is -0.267. The molecule has 1 aliphatic heterocycles. The summed E-state index contributed by atoms with van der Waals surface area (Å²) in [6, 6.07) is 12.8. The van der Waals surface area contributed by atoms with E-state index in [-0.39, 0.29) is 17.6 Å². The molecule has 1 heterocycles. The van der Waals surface area contributed by atoms with Gasteiger partial charge in [-0.15, -0.1) is 0 Å². The van der Waals surface area contributed by atoms with E-state index in [1.54, 1.807) is 6.07 Å². The minimum Gasteiger partial charge on any atom is -0.325 e. The number of hydrogen-bond donors (Lipinski definition) is 1. The molecular weight excluding hydrogens is 341 g/mol. The van der Waals surface area contributed by atoms with Gasteiger partial charge in [0, 0.05) is 44.0 Å². The van der Waals surface area contributed by atoms with Crippen LogP contribution in [-0.2, 0) is 11.3 Å². The van der Waals surface area contributed by atoms with E-state index in [4.69, 9.17) is 0 Å². The van der Waals surface area contributed by atoms with Crippen LogP contribution in [0.3, 0.4) is 0 Å². The number of carbonyl (C=O) groups excluding carboxylic acids is 1. The van der Waals surface area contributed by atoms with Gasteiger partial charge in [0.25, 0.3) is 0 Å². The molecule has 0 aliphatic carbocycles. The van der Waals surface area contributed by atoms with Crippen molar-refractivity contribution in [1.82, 2.24) is 9.80 Å². The summed E-state index contributed by atoms with van der Waals surface area (Å²) in [5.41, 5.74) is 3.13. The number of benzene rings is 2. The van der Waals surface area contributed by atoms with E-state index in [1.165, 1.54) is 6.07 Å². The fourth-order valence-electron chi connectivity index (χ4n) is 3.42. The van der Waals surface area contributed by atoms with Gasteiger partial charge < -0.3 is 10.2 Å². The molecule has 144 valence electrons. The van der Waals surface area contributed by atoms with Crippen molar-refractivity contribution in [3.05, 3.63) is 65.0 Å². The number of likely N-dealkylation sites (N-methyl/N-ethyl adjacent to an activating group) is 1. The SMILES string of the molecule is Cc1c(NC(=O)C(C)c2ccccc2)ccc(F)c1CN1CCN(C)CC1. The van der Waals surface area contributed by atoms with Gasteiger partial charge in [-0.2, -0.15) is 0 Å². The van der Waals surface area contributed by atoms with Crippen LogP contribution in [0, 0.1) is 12.7 Å². The third-order valence-corrected chi connectivity index (χ3v) is 5.47. The van der Waals surface area contributed by atoms with Gasteiger partial charge in [-0.05, 0) is 44.2 Å². The van der Waals surface area contributed by atoms with Crippen LogP contribution in [-0.4, -0.2) is 48.9 Å². The van der Waals surface area contributed by atoms with Crippen LogP contribution in [0.15, 0.2) is 42.5 Å². The second-order valence-electron chi connectivity index (χ2n) is 7.40. The number of nitrogens with one attached hydrogen (secondary N) is 1. The Labute approximate surface area is 161 Å². The third kappa shape index (κ3) is 4.73. The predicted octanol–water partition coefficient (Wildman–Crippen LogP) is 3.62. The van der Waals surface area contributed by atoms with Gasteiger partial charge in [0.15, 0.2) is 0 Å². The van der Waals surface area contributed by atoms with Crippen molar-refractivity contribution in [1.29, 1.82) is 0 Å². The topological polar surface area (TPSA) is 35.6 Å². The van der Waals surface area contributed by atoms with Crippen molar-refractivity contribution >= 4 is 11.6 Å². The summed E-state index contributed by atoms with van der Waals surface area (Å²) in [4.78, 5) is 17.2. The molecule has 27 heavy (non-hydrogen) atoms. The van der Waals surface area contributed by atoms with Crippen LogP contribution in [0.2, 0.25) is 0 Å². The van der Waals surface area contributed by atoms with Crippen LogP contribution < -0.4 is 5.32 Å². The molecule has 1 aliphatic rings. The smallest absolute Gasteiger partial charge is 0.231 e. The van der Waals surface area contributed by atoms with Crippen molar-refractivity contribution in [2.75, 3.05) is 38.5 Å².